The van der Waals surface area contributed by atoms with E-state index in [1.54, 1.807) is 0 Å². The third-order valence-electron chi connectivity index (χ3n) is 6.49. The number of aliphatic carboxylic acids is 2. The van der Waals surface area contributed by atoms with Gasteiger partial charge in [-0.3, -0.25) is 33.3 Å². The minimum Gasteiger partial charge on any atom is -0.493 e. The maximum Gasteiger partial charge on any atom is 0.303 e. The van der Waals surface area contributed by atoms with Crippen LogP contribution in [0.5, 0.6) is 5.88 Å². The first-order valence-electron chi connectivity index (χ1n) is 12.5. The van der Waals surface area contributed by atoms with Gasteiger partial charge in [-0.05, 0) is 48.0 Å². The van der Waals surface area contributed by atoms with Crippen LogP contribution in [0.1, 0.15) is 34.7 Å². The van der Waals surface area contributed by atoms with Gasteiger partial charge in [-0.25, -0.2) is 4.57 Å². The van der Waals surface area contributed by atoms with Crippen molar-refractivity contribution in [3.05, 3.63) is 76.2 Å². The number of carbonyl (C=O) groups excluding carboxylic acids is 1. The van der Waals surface area contributed by atoms with Crippen LogP contribution in [0.2, 0.25) is 0 Å². The monoisotopic (exact) mass is 675 g/mol. The molecular formula is C26H21N5O13S2. The van der Waals surface area contributed by atoms with E-state index in [4.69, 9.17) is 5.73 Å². The van der Waals surface area contributed by atoms with Crippen LogP contribution in [-0.4, -0.2) is 68.7 Å². The van der Waals surface area contributed by atoms with Gasteiger partial charge in [-0.15, -0.1) is 10.2 Å². The summed E-state index contributed by atoms with van der Waals surface area (Å²) in [7, 11) is -10.3. The summed E-state index contributed by atoms with van der Waals surface area (Å²) in [5.74, 6) is -6.10. The van der Waals surface area contributed by atoms with Gasteiger partial charge in [0, 0.05) is 17.5 Å². The molecule has 4 aromatic rings. The van der Waals surface area contributed by atoms with Gasteiger partial charge in [-0.1, -0.05) is 6.07 Å². The molecule has 0 bridgehead atoms. The van der Waals surface area contributed by atoms with E-state index >= 15 is 0 Å². The lowest BCUT2D eigenvalue weighted by atomic mass is 9.90. The Bertz CT molecular complexity index is 2230. The lowest BCUT2D eigenvalue weighted by Crippen LogP contribution is -2.29. The zero-order valence-electron chi connectivity index (χ0n) is 22.9. The lowest BCUT2D eigenvalue weighted by molar-refractivity contribution is -0.139. The number of azo groups is 1. The standard InChI is InChI=1S/C26H21N5O13S2/c27-24(36)16-11-18(26(38)31(25(16)37)19-10-13(45(39,40)41)3-6-20(19)46(42,43)44)30-29-17-5-4-14(23-15(17)2-1-7-28-23)12(8-21(32)33)9-22(34)35/h1-7,10-12,38H,8-9H2,(H2,27,36)(H,32,33)(H,34,35)(H,39,40,41)(H,42,43,44). The molecule has 0 aliphatic heterocycles. The van der Waals surface area contributed by atoms with Gasteiger partial charge in [0.25, 0.3) is 31.7 Å². The summed E-state index contributed by atoms with van der Waals surface area (Å²) in [6.07, 6.45) is 0.294. The molecule has 0 spiro atoms. The number of carbonyl (C=O) groups is 3. The Balaban J connectivity index is 1.97. The van der Waals surface area contributed by atoms with Gasteiger partial charge in [0.2, 0.25) is 5.88 Å². The Morgan fingerprint density at radius 2 is 1.52 bits per heavy atom. The number of nitrogens with two attached hydrogens (primary N) is 1. The number of pyridine rings is 2. The highest BCUT2D eigenvalue weighted by molar-refractivity contribution is 7.86. The normalized spacial score (nSPS) is 12.2. The number of aromatic nitrogens is 2. The number of hydrogen-bond acceptors (Lipinski definition) is 12. The molecule has 20 heteroatoms. The topological polar surface area (TPSA) is 306 Å². The number of carboxylic acids is 2. The Morgan fingerprint density at radius 3 is 2.09 bits per heavy atom. The molecule has 7 N–H and O–H groups in total. The van der Waals surface area contributed by atoms with Gasteiger partial charge >= 0.3 is 11.9 Å². The van der Waals surface area contributed by atoms with Crippen LogP contribution in [0.4, 0.5) is 11.4 Å². The van der Waals surface area contributed by atoms with E-state index in [0.717, 1.165) is 0 Å². The SMILES string of the molecule is NC(=O)c1cc(N=Nc2ccc(C(CC(=O)O)CC(=O)O)c3ncccc23)c(O)n(-c2cc(S(=O)(=O)O)ccc2S(=O)(=O)O)c1=O. The minimum absolute atomic E-state index is 0.0148. The number of nitrogens with zero attached hydrogens (tertiary/aromatic N) is 4. The van der Waals surface area contributed by atoms with Crippen LogP contribution in [0.25, 0.3) is 16.6 Å². The van der Waals surface area contributed by atoms with Crippen molar-refractivity contribution in [3.63, 3.8) is 0 Å². The highest BCUT2D eigenvalue weighted by atomic mass is 32.2. The number of fused-ring (bicyclic) bond motifs is 1. The molecule has 2 aromatic heterocycles. The number of carboxylic acid groups (broad SMARTS) is 2. The van der Waals surface area contributed by atoms with Gasteiger partial charge in [0.1, 0.15) is 16.1 Å². The van der Waals surface area contributed by atoms with Crippen molar-refractivity contribution in [2.75, 3.05) is 0 Å². The average molecular weight is 676 g/mol. The zero-order valence-corrected chi connectivity index (χ0v) is 24.5. The highest BCUT2D eigenvalue weighted by Crippen LogP contribution is 2.37. The largest absolute Gasteiger partial charge is 0.493 e. The van der Waals surface area contributed by atoms with Gasteiger partial charge in [0.15, 0.2) is 0 Å². The van der Waals surface area contributed by atoms with Crippen molar-refractivity contribution in [2.24, 2.45) is 16.0 Å². The second-order valence-corrected chi connectivity index (χ2v) is 12.3. The van der Waals surface area contributed by atoms with E-state index in [0.29, 0.717) is 24.3 Å². The van der Waals surface area contributed by atoms with E-state index in [1.807, 2.05) is 0 Å². The summed E-state index contributed by atoms with van der Waals surface area (Å²) in [4.78, 5) is 50.3. The van der Waals surface area contributed by atoms with Crippen LogP contribution in [-0.2, 0) is 29.8 Å². The number of benzene rings is 2. The van der Waals surface area contributed by atoms with E-state index in [-0.39, 0.29) is 26.7 Å². The fourth-order valence-electron chi connectivity index (χ4n) is 4.54. The average Bonchev–Trinajstić information content (AvgIpc) is 2.94. The molecule has 0 saturated carbocycles. The third-order valence-corrected chi connectivity index (χ3v) is 8.24. The van der Waals surface area contributed by atoms with Crippen molar-refractivity contribution in [2.45, 2.75) is 28.6 Å². The summed E-state index contributed by atoms with van der Waals surface area (Å²) in [5, 5.41) is 37.7. The molecule has 0 atom stereocenters. The number of amides is 1. The molecule has 4 rings (SSSR count). The summed E-state index contributed by atoms with van der Waals surface area (Å²) in [6, 6.07) is 7.90. The summed E-state index contributed by atoms with van der Waals surface area (Å²) >= 11 is 0. The molecule has 0 radical (unpaired) electrons. The van der Waals surface area contributed by atoms with E-state index in [2.05, 4.69) is 15.2 Å². The fraction of sp³-hybridized carbons (Fsp3) is 0.115. The minimum atomic E-state index is -5.23. The highest BCUT2D eigenvalue weighted by Gasteiger charge is 2.27. The molecule has 0 fully saturated rings. The summed E-state index contributed by atoms with van der Waals surface area (Å²) in [6.45, 7) is 0. The van der Waals surface area contributed by atoms with Gasteiger partial charge in [0.05, 0.1) is 34.6 Å². The van der Waals surface area contributed by atoms with Crippen LogP contribution in [0.3, 0.4) is 0 Å². The molecule has 240 valence electrons. The van der Waals surface area contributed by atoms with Crippen molar-refractivity contribution >= 4 is 60.4 Å². The maximum absolute atomic E-state index is 13.2. The number of aromatic hydroxyl groups is 1. The van der Waals surface area contributed by atoms with Crippen molar-refractivity contribution in [3.8, 4) is 11.6 Å². The summed E-state index contributed by atoms with van der Waals surface area (Å²) in [5.41, 5.74) is 1.68. The Kier molecular flexibility index (Phi) is 9.01. The molecule has 0 saturated heterocycles. The fourth-order valence-corrected chi connectivity index (χ4v) is 5.69. The molecule has 1 amide bonds. The first-order chi connectivity index (χ1) is 21.4. The molecule has 0 aliphatic rings. The smallest absolute Gasteiger partial charge is 0.303 e. The first kappa shape index (κ1) is 33.3. The molecule has 18 nitrogen and oxygen atoms in total. The predicted molar refractivity (Wildman–Crippen MR) is 155 cm³/mol. The van der Waals surface area contributed by atoms with Crippen molar-refractivity contribution in [1.82, 2.24) is 9.55 Å². The number of rotatable bonds is 11. The van der Waals surface area contributed by atoms with Gasteiger partial charge < -0.3 is 21.1 Å². The van der Waals surface area contributed by atoms with Crippen LogP contribution >= 0.6 is 0 Å². The van der Waals surface area contributed by atoms with E-state index < -0.39 is 95.0 Å². The maximum atomic E-state index is 13.2. The first-order valence-corrected chi connectivity index (χ1v) is 15.4. The number of primary amides is 1. The second-order valence-electron chi connectivity index (χ2n) is 9.52. The molecule has 46 heavy (non-hydrogen) atoms. The van der Waals surface area contributed by atoms with Crippen molar-refractivity contribution < 1.29 is 55.6 Å². The number of hydrogen-bond donors (Lipinski definition) is 6. The van der Waals surface area contributed by atoms with Crippen LogP contribution < -0.4 is 11.3 Å². The Hall–Kier alpha value is -5.57. The summed E-state index contributed by atoms with van der Waals surface area (Å²) < 4.78 is 67.0. The molecule has 0 unspecified atom stereocenters. The van der Waals surface area contributed by atoms with Crippen molar-refractivity contribution in [1.29, 1.82) is 0 Å². The quantitative estimate of drug-likeness (QED) is 0.0980. The zero-order chi connectivity index (χ0) is 34.1. The predicted octanol–water partition coefficient (Wildman–Crippen LogP) is 2.13. The van der Waals surface area contributed by atoms with E-state index in [1.165, 1.54) is 30.5 Å². The van der Waals surface area contributed by atoms with E-state index in [9.17, 15) is 60.4 Å². The second kappa shape index (κ2) is 12.4. The molecule has 2 heterocycles. The van der Waals surface area contributed by atoms with Crippen LogP contribution in [0.15, 0.2) is 79.5 Å². The molecule has 0 aliphatic carbocycles. The van der Waals surface area contributed by atoms with Crippen LogP contribution in [0, 0.1) is 0 Å². The molecular weight excluding hydrogens is 654 g/mol. The Morgan fingerprint density at radius 1 is 0.891 bits per heavy atom. The van der Waals surface area contributed by atoms with Gasteiger partial charge in [-0.2, -0.15) is 16.8 Å². The third kappa shape index (κ3) is 6.89. The Labute approximate surface area is 257 Å². The molecule has 2 aromatic carbocycles. The lowest BCUT2D eigenvalue weighted by Gasteiger charge is -2.16.